The molecule has 0 N–H and O–H groups in total. The number of fused-ring (bicyclic) bond motifs is 2. The predicted octanol–water partition coefficient (Wildman–Crippen LogP) is 12.8. The number of hydrogen-bond donors (Lipinski definition) is 0. The van der Waals surface area contributed by atoms with E-state index in [1.807, 2.05) is 76.2 Å². The molecular weight excluding hydrogens is 681 g/mol. The van der Waals surface area contributed by atoms with Gasteiger partial charge in [-0.15, -0.1) is 0 Å². The van der Waals surface area contributed by atoms with Crippen LogP contribution in [-0.2, 0) is 9.47 Å². The maximum absolute atomic E-state index is 5.98. The fraction of sp³-hybridized carbons (Fsp3) is 0.130. The quantitative estimate of drug-likeness (QED) is 0.115. The minimum absolute atomic E-state index is 0.0959. The highest BCUT2D eigenvalue weighted by Gasteiger charge is 2.18. The maximum Gasteiger partial charge on any atom is 0.358 e. The van der Waals surface area contributed by atoms with Gasteiger partial charge in [0.15, 0.2) is 0 Å². The van der Waals surface area contributed by atoms with Gasteiger partial charge in [-0.05, 0) is 107 Å². The first-order chi connectivity index (χ1) is 25.2. The third-order valence-electron chi connectivity index (χ3n) is 9.26. The standard InChI is InChI=1S/C46H38O4S2/c1-29-13-25-37(26-14-29)49-45(51)47-31(3)33-17-21-35(22-18-33)43-39-9-5-7-11-41(39)44(42-12-8-6-10-40(42)43)36-23-19-34(20-24-36)32(4)48-46(52)50-38-27-15-30(2)16-28-38/h5-28,31-32H,1-4H3. The van der Waals surface area contributed by atoms with Crippen molar-refractivity contribution in [2.24, 2.45) is 0 Å². The summed E-state index contributed by atoms with van der Waals surface area (Å²) in [5.41, 5.74) is 8.94. The normalized spacial score (nSPS) is 12.2. The van der Waals surface area contributed by atoms with Crippen molar-refractivity contribution in [3.8, 4) is 33.8 Å². The van der Waals surface area contributed by atoms with Crippen LogP contribution in [0.3, 0.4) is 0 Å². The third kappa shape index (κ3) is 7.69. The molecule has 7 aromatic rings. The monoisotopic (exact) mass is 718 g/mol. The first kappa shape index (κ1) is 34.9. The van der Waals surface area contributed by atoms with Gasteiger partial charge in [0, 0.05) is 24.4 Å². The lowest BCUT2D eigenvalue weighted by atomic mass is 9.85. The lowest BCUT2D eigenvalue weighted by Crippen LogP contribution is -2.13. The fourth-order valence-electron chi connectivity index (χ4n) is 6.47. The van der Waals surface area contributed by atoms with Gasteiger partial charge in [-0.25, -0.2) is 0 Å². The summed E-state index contributed by atoms with van der Waals surface area (Å²) in [6, 6.07) is 49.8. The van der Waals surface area contributed by atoms with Crippen LogP contribution in [0.15, 0.2) is 146 Å². The highest BCUT2D eigenvalue weighted by atomic mass is 32.1. The van der Waals surface area contributed by atoms with Crippen LogP contribution in [0.2, 0.25) is 0 Å². The van der Waals surface area contributed by atoms with Crippen LogP contribution in [0, 0.1) is 13.8 Å². The molecule has 0 radical (unpaired) electrons. The van der Waals surface area contributed by atoms with E-state index in [0.717, 1.165) is 33.4 Å². The lowest BCUT2D eigenvalue weighted by molar-refractivity contribution is 0.173. The Kier molecular flexibility index (Phi) is 10.3. The molecule has 6 heteroatoms. The Morgan fingerprint density at radius 3 is 1.04 bits per heavy atom. The van der Waals surface area contributed by atoms with Gasteiger partial charge in [0.2, 0.25) is 0 Å². The molecule has 0 amide bonds. The average Bonchev–Trinajstić information content (AvgIpc) is 3.15. The molecule has 7 aromatic carbocycles. The molecule has 4 nitrogen and oxygen atoms in total. The van der Waals surface area contributed by atoms with Crippen molar-refractivity contribution in [1.29, 1.82) is 0 Å². The Balaban J connectivity index is 1.15. The molecule has 0 spiro atoms. The van der Waals surface area contributed by atoms with Gasteiger partial charge < -0.3 is 18.9 Å². The number of ether oxygens (including phenoxy) is 4. The Bertz CT molecular complexity index is 2140. The zero-order chi connectivity index (χ0) is 36.2. The molecule has 0 aliphatic carbocycles. The van der Waals surface area contributed by atoms with Crippen LogP contribution in [-0.4, -0.2) is 10.5 Å². The third-order valence-corrected chi connectivity index (χ3v) is 9.62. The smallest absolute Gasteiger partial charge is 0.358 e. The van der Waals surface area contributed by atoms with Crippen LogP contribution in [0.25, 0.3) is 43.8 Å². The number of hydrogen-bond acceptors (Lipinski definition) is 6. The molecule has 0 fully saturated rings. The van der Waals surface area contributed by atoms with Gasteiger partial charge in [0.1, 0.15) is 23.7 Å². The average molecular weight is 719 g/mol. The van der Waals surface area contributed by atoms with E-state index in [4.69, 9.17) is 43.4 Å². The zero-order valence-electron chi connectivity index (χ0n) is 29.5. The van der Waals surface area contributed by atoms with Crippen LogP contribution < -0.4 is 9.47 Å². The summed E-state index contributed by atoms with van der Waals surface area (Å²) < 4.78 is 23.5. The first-order valence-corrected chi connectivity index (χ1v) is 18.1. The molecule has 0 aromatic heterocycles. The van der Waals surface area contributed by atoms with Crippen LogP contribution in [0.5, 0.6) is 11.5 Å². The van der Waals surface area contributed by atoms with Gasteiger partial charge in [-0.1, -0.05) is 132 Å². The molecule has 0 saturated heterocycles. The molecule has 0 saturated carbocycles. The summed E-state index contributed by atoms with van der Waals surface area (Å²) in [6.45, 7) is 8.02. The number of thiocarbonyl (C=S) groups is 2. The van der Waals surface area contributed by atoms with Crippen LogP contribution >= 0.6 is 24.4 Å². The fourth-order valence-corrected chi connectivity index (χ4v) is 6.95. The van der Waals surface area contributed by atoms with E-state index in [9.17, 15) is 0 Å². The number of benzene rings is 7. The molecule has 2 unspecified atom stereocenters. The Labute approximate surface area is 315 Å². The summed E-state index contributed by atoms with van der Waals surface area (Å²) in [7, 11) is 0. The van der Waals surface area contributed by atoms with Crippen LogP contribution in [0.4, 0.5) is 0 Å². The summed E-state index contributed by atoms with van der Waals surface area (Å²) in [5, 5.41) is 4.92. The molecule has 0 heterocycles. The van der Waals surface area contributed by atoms with Crippen molar-refractivity contribution >= 4 is 56.5 Å². The van der Waals surface area contributed by atoms with E-state index < -0.39 is 0 Å². The first-order valence-electron chi connectivity index (χ1n) is 17.3. The lowest BCUT2D eigenvalue weighted by Gasteiger charge is -2.19. The molecule has 0 bridgehead atoms. The molecule has 0 aliphatic rings. The van der Waals surface area contributed by atoms with Crippen molar-refractivity contribution < 1.29 is 18.9 Å². The predicted molar refractivity (Wildman–Crippen MR) is 220 cm³/mol. The Hall–Kier alpha value is -5.56. The molecule has 52 heavy (non-hydrogen) atoms. The van der Waals surface area contributed by atoms with Crippen molar-refractivity contribution in [3.63, 3.8) is 0 Å². The highest BCUT2D eigenvalue weighted by molar-refractivity contribution is 7.80. The molecule has 258 valence electrons. The summed E-state index contributed by atoms with van der Waals surface area (Å²) >= 11 is 10.8. The van der Waals surface area contributed by atoms with Crippen LogP contribution in [0.1, 0.15) is 48.3 Å². The van der Waals surface area contributed by atoms with E-state index >= 15 is 0 Å². The van der Waals surface area contributed by atoms with Gasteiger partial charge in [-0.2, -0.15) is 0 Å². The molecular formula is C46H38O4S2. The Morgan fingerprint density at radius 1 is 0.423 bits per heavy atom. The number of rotatable bonds is 8. The van der Waals surface area contributed by atoms with E-state index in [1.165, 1.54) is 32.7 Å². The highest BCUT2D eigenvalue weighted by Crippen LogP contribution is 2.44. The summed E-state index contributed by atoms with van der Waals surface area (Å²) in [5.74, 6) is 1.31. The molecule has 2 atom stereocenters. The second-order valence-corrected chi connectivity index (χ2v) is 13.6. The van der Waals surface area contributed by atoms with Crippen molar-refractivity contribution in [2.45, 2.75) is 39.9 Å². The number of aryl methyl sites for hydroxylation is 2. The van der Waals surface area contributed by atoms with Gasteiger partial charge in [-0.3, -0.25) is 0 Å². The minimum Gasteiger partial charge on any atom is -0.449 e. The van der Waals surface area contributed by atoms with Crippen molar-refractivity contribution in [3.05, 3.63) is 168 Å². The van der Waals surface area contributed by atoms with Gasteiger partial charge in [0.05, 0.1) is 0 Å². The second-order valence-electron chi connectivity index (χ2n) is 12.9. The van der Waals surface area contributed by atoms with E-state index in [1.54, 1.807) is 0 Å². The molecule has 7 rings (SSSR count). The topological polar surface area (TPSA) is 36.9 Å². The van der Waals surface area contributed by atoms with E-state index in [0.29, 0.717) is 11.5 Å². The Morgan fingerprint density at radius 2 is 0.731 bits per heavy atom. The van der Waals surface area contributed by atoms with Crippen molar-refractivity contribution in [2.75, 3.05) is 0 Å². The zero-order valence-corrected chi connectivity index (χ0v) is 31.1. The van der Waals surface area contributed by atoms with Crippen molar-refractivity contribution in [1.82, 2.24) is 0 Å². The van der Waals surface area contributed by atoms with Gasteiger partial charge in [0.25, 0.3) is 0 Å². The maximum atomic E-state index is 5.98. The minimum atomic E-state index is -0.282. The van der Waals surface area contributed by atoms with E-state index in [-0.39, 0.29) is 22.7 Å². The SMILES string of the molecule is Cc1ccc(OC(=S)OC(C)c2ccc(-c3c4ccccc4c(-c4ccc(C(C)OC(=S)Oc5ccc(C)cc5)cc4)c4ccccc34)cc2)cc1. The summed E-state index contributed by atoms with van der Waals surface area (Å²) in [6.07, 6.45) is -0.564. The molecule has 0 aliphatic heterocycles. The second kappa shape index (κ2) is 15.4. The van der Waals surface area contributed by atoms with Gasteiger partial charge >= 0.3 is 10.5 Å². The largest absolute Gasteiger partial charge is 0.449 e. The van der Waals surface area contributed by atoms with E-state index in [2.05, 4.69) is 97.1 Å². The summed E-state index contributed by atoms with van der Waals surface area (Å²) in [4.78, 5) is 0.